The zero-order chi connectivity index (χ0) is 13.8. The van der Waals surface area contributed by atoms with Crippen molar-refractivity contribution in [3.05, 3.63) is 29.8 Å². The molecule has 2 atom stereocenters. The van der Waals surface area contributed by atoms with Crippen molar-refractivity contribution in [1.82, 2.24) is 5.32 Å². The number of benzene rings is 1. The van der Waals surface area contributed by atoms with Crippen LogP contribution >= 0.6 is 0 Å². The lowest BCUT2D eigenvalue weighted by atomic mass is 10.1. The van der Waals surface area contributed by atoms with Crippen LogP contribution < -0.4 is 10.1 Å². The zero-order valence-corrected chi connectivity index (χ0v) is 12.1. The summed E-state index contributed by atoms with van der Waals surface area (Å²) in [5.74, 6) is 0.943. The van der Waals surface area contributed by atoms with Crippen LogP contribution in [0.2, 0.25) is 0 Å². The highest BCUT2D eigenvalue weighted by atomic mass is 32.2. The number of nitrogens with one attached hydrogen (secondary N) is 1. The smallest absolute Gasteiger partial charge is 0.148 e. The number of sulfone groups is 1. The van der Waals surface area contributed by atoms with E-state index in [1.54, 1.807) is 7.11 Å². The lowest BCUT2D eigenvalue weighted by Gasteiger charge is -2.20. The molecule has 18 heavy (non-hydrogen) atoms. The average molecular weight is 271 g/mol. The van der Waals surface area contributed by atoms with Crippen LogP contribution in [0.1, 0.15) is 25.5 Å². The van der Waals surface area contributed by atoms with Gasteiger partial charge < -0.3 is 10.1 Å². The van der Waals surface area contributed by atoms with Crippen molar-refractivity contribution in [3.8, 4) is 5.75 Å². The number of ether oxygens (including phenoxy) is 1. The highest BCUT2D eigenvalue weighted by Crippen LogP contribution is 2.19. The van der Waals surface area contributed by atoms with Gasteiger partial charge in [-0.1, -0.05) is 12.1 Å². The molecule has 0 aromatic heterocycles. The van der Waals surface area contributed by atoms with E-state index in [1.807, 2.05) is 38.1 Å². The lowest BCUT2D eigenvalue weighted by molar-refractivity contribution is 0.412. The Morgan fingerprint density at radius 1 is 1.33 bits per heavy atom. The van der Waals surface area contributed by atoms with E-state index < -0.39 is 9.84 Å². The van der Waals surface area contributed by atoms with Crippen LogP contribution in [0.15, 0.2) is 24.3 Å². The van der Waals surface area contributed by atoms with Gasteiger partial charge in [0.15, 0.2) is 0 Å². The maximum Gasteiger partial charge on any atom is 0.148 e. The zero-order valence-electron chi connectivity index (χ0n) is 11.3. The third kappa shape index (κ3) is 5.06. The first kappa shape index (κ1) is 15.0. The molecule has 0 heterocycles. The van der Waals surface area contributed by atoms with Crippen LogP contribution in [-0.2, 0) is 9.84 Å². The molecule has 2 unspecified atom stereocenters. The van der Waals surface area contributed by atoms with Crippen molar-refractivity contribution in [2.75, 3.05) is 19.1 Å². The van der Waals surface area contributed by atoms with Crippen molar-refractivity contribution in [2.45, 2.75) is 25.9 Å². The summed E-state index contributed by atoms with van der Waals surface area (Å²) in [4.78, 5) is 0. The number of hydrogen-bond acceptors (Lipinski definition) is 4. The van der Waals surface area contributed by atoms with E-state index in [4.69, 9.17) is 4.74 Å². The minimum Gasteiger partial charge on any atom is -0.497 e. The lowest BCUT2D eigenvalue weighted by Crippen LogP contribution is -2.34. The van der Waals surface area contributed by atoms with E-state index in [-0.39, 0.29) is 17.8 Å². The maximum atomic E-state index is 11.2. The molecule has 0 bridgehead atoms. The second-order valence-electron chi connectivity index (χ2n) is 4.66. The first-order valence-corrected chi connectivity index (χ1v) is 7.95. The highest BCUT2D eigenvalue weighted by molar-refractivity contribution is 7.90. The number of rotatable bonds is 6. The molecule has 1 N–H and O–H groups in total. The van der Waals surface area contributed by atoms with Crippen molar-refractivity contribution in [1.29, 1.82) is 0 Å². The van der Waals surface area contributed by atoms with Crippen molar-refractivity contribution >= 4 is 9.84 Å². The number of methoxy groups -OCH3 is 1. The average Bonchev–Trinajstić information content (AvgIpc) is 2.26. The van der Waals surface area contributed by atoms with Gasteiger partial charge in [0.2, 0.25) is 0 Å². The standard InChI is InChI=1S/C13H21NO3S/c1-10(9-18(4,15)16)14-11(2)12-6-5-7-13(8-12)17-3/h5-8,10-11,14H,9H2,1-4H3. The first-order valence-electron chi connectivity index (χ1n) is 5.89. The van der Waals surface area contributed by atoms with Gasteiger partial charge in [0, 0.05) is 18.3 Å². The van der Waals surface area contributed by atoms with Gasteiger partial charge >= 0.3 is 0 Å². The second kappa shape index (κ2) is 6.20. The molecule has 0 saturated carbocycles. The molecule has 1 aromatic carbocycles. The molecular formula is C13H21NO3S. The molecule has 1 rings (SSSR count). The molecule has 0 radical (unpaired) electrons. The Balaban J connectivity index is 2.67. The molecule has 0 amide bonds. The van der Waals surface area contributed by atoms with Crippen LogP contribution in [0.3, 0.4) is 0 Å². The fraction of sp³-hybridized carbons (Fsp3) is 0.538. The monoisotopic (exact) mass is 271 g/mol. The maximum absolute atomic E-state index is 11.2. The largest absolute Gasteiger partial charge is 0.497 e. The van der Waals surface area contributed by atoms with Gasteiger partial charge in [0.25, 0.3) is 0 Å². The topological polar surface area (TPSA) is 55.4 Å². The van der Waals surface area contributed by atoms with E-state index in [2.05, 4.69) is 5.32 Å². The predicted octanol–water partition coefficient (Wildman–Crippen LogP) is 1.78. The van der Waals surface area contributed by atoms with Crippen molar-refractivity contribution < 1.29 is 13.2 Å². The molecule has 102 valence electrons. The van der Waals surface area contributed by atoms with Crippen LogP contribution in [-0.4, -0.2) is 33.6 Å². The fourth-order valence-corrected chi connectivity index (χ4v) is 2.94. The van der Waals surface area contributed by atoms with E-state index in [0.29, 0.717) is 0 Å². The summed E-state index contributed by atoms with van der Waals surface area (Å²) in [7, 11) is -1.32. The summed E-state index contributed by atoms with van der Waals surface area (Å²) in [6, 6.07) is 7.75. The molecule has 0 fully saturated rings. The fourth-order valence-electron chi connectivity index (χ4n) is 1.94. The molecule has 1 aromatic rings. The van der Waals surface area contributed by atoms with Gasteiger partial charge in [-0.3, -0.25) is 0 Å². The quantitative estimate of drug-likeness (QED) is 0.857. The van der Waals surface area contributed by atoms with E-state index >= 15 is 0 Å². The third-order valence-electron chi connectivity index (χ3n) is 2.68. The summed E-state index contributed by atoms with van der Waals surface area (Å²) < 4.78 is 27.6. The van der Waals surface area contributed by atoms with Crippen LogP contribution in [0.25, 0.3) is 0 Å². The summed E-state index contributed by atoms with van der Waals surface area (Å²) in [5, 5.41) is 3.27. The van der Waals surface area contributed by atoms with Gasteiger partial charge in [-0.05, 0) is 31.5 Å². The van der Waals surface area contributed by atoms with Crippen LogP contribution in [0.5, 0.6) is 5.75 Å². The Morgan fingerprint density at radius 2 is 2.00 bits per heavy atom. The molecule has 0 aliphatic heterocycles. The SMILES string of the molecule is COc1cccc(C(C)NC(C)CS(C)(=O)=O)c1. The molecule has 0 aliphatic rings. The highest BCUT2D eigenvalue weighted by Gasteiger charge is 2.14. The Morgan fingerprint density at radius 3 is 2.56 bits per heavy atom. The van der Waals surface area contributed by atoms with Gasteiger partial charge in [-0.2, -0.15) is 0 Å². The van der Waals surface area contributed by atoms with E-state index in [1.165, 1.54) is 6.26 Å². The summed E-state index contributed by atoms with van der Waals surface area (Å²) in [6.45, 7) is 3.88. The van der Waals surface area contributed by atoms with Gasteiger partial charge in [-0.15, -0.1) is 0 Å². The van der Waals surface area contributed by atoms with E-state index in [0.717, 1.165) is 11.3 Å². The first-order chi connectivity index (χ1) is 8.31. The van der Waals surface area contributed by atoms with Crippen molar-refractivity contribution in [3.63, 3.8) is 0 Å². The van der Waals surface area contributed by atoms with E-state index in [9.17, 15) is 8.42 Å². The molecular weight excluding hydrogens is 250 g/mol. The Hall–Kier alpha value is -1.07. The number of hydrogen-bond donors (Lipinski definition) is 1. The van der Waals surface area contributed by atoms with Gasteiger partial charge in [0.05, 0.1) is 12.9 Å². The van der Waals surface area contributed by atoms with Gasteiger partial charge in [0.1, 0.15) is 15.6 Å². The minimum atomic E-state index is -2.95. The summed E-state index contributed by atoms with van der Waals surface area (Å²) >= 11 is 0. The molecule has 4 nitrogen and oxygen atoms in total. The summed E-state index contributed by atoms with van der Waals surface area (Å²) in [6.07, 6.45) is 1.25. The minimum absolute atomic E-state index is 0.0804. The normalized spacial score (nSPS) is 15.1. The van der Waals surface area contributed by atoms with Crippen LogP contribution in [0.4, 0.5) is 0 Å². The molecule has 0 aliphatic carbocycles. The molecule has 5 heteroatoms. The second-order valence-corrected chi connectivity index (χ2v) is 6.84. The molecule has 0 spiro atoms. The Bertz CT molecular complexity index is 485. The van der Waals surface area contributed by atoms with Gasteiger partial charge in [-0.25, -0.2) is 8.42 Å². The Labute approximate surface area is 109 Å². The van der Waals surface area contributed by atoms with Crippen molar-refractivity contribution in [2.24, 2.45) is 0 Å². The predicted molar refractivity (Wildman–Crippen MR) is 73.7 cm³/mol. The molecule has 0 saturated heterocycles. The summed E-state index contributed by atoms with van der Waals surface area (Å²) in [5.41, 5.74) is 1.08. The third-order valence-corrected chi connectivity index (χ3v) is 3.79. The Kier molecular flexibility index (Phi) is 5.16. The van der Waals surface area contributed by atoms with Crippen LogP contribution in [0, 0.1) is 0 Å².